The third-order valence-corrected chi connectivity index (χ3v) is 3.40. The molecule has 3 N–H and O–H groups in total. The van der Waals surface area contributed by atoms with Gasteiger partial charge in [-0.05, 0) is 27.7 Å². The summed E-state index contributed by atoms with van der Waals surface area (Å²) in [6, 6.07) is 0.402. The Morgan fingerprint density at radius 2 is 1.75 bits per heavy atom. The molecule has 1 heterocycles. The van der Waals surface area contributed by atoms with Crippen LogP contribution in [-0.4, -0.2) is 53.4 Å². The van der Waals surface area contributed by atoms with Crippen molar-refractivity contribution in [3.63, 3.8) is 0 Å². The lowest BCUT2D eigenvalue weighted by Gasteiger charge is -2.44. The Balaban J connectivity index is 2.40. The van der Waals surface area contributed by atoms with Gasteiger partial charge in [0.05, 0.1) is 5.84 Å². The van der Waals surface area contributed by atoms with Crippen LogP contribution in [0.2, 0.25) is 0 Å². The highest BCUT2D eigenvalue weighted by molar-refractivity contribution is 5.77. The summed E-state index contributed by atoms with van der Waals surface area (Å²) in [5.41, 5.74) is 5.72. The highest BCUT2D eigenvalue weighted by Gasteiger charge is 2.27. The number of nitrogens with two attached hydrogens (primary N) is 1. The molecule has 94 valence electrons. The summed E-state index contributed by atoms with van der Waals surface area (Å²) < 4.78 is 0. The van der Waals surface area contributed by atoms with E-state index in [0.717, 1.165) is 26.2 Å². The molecule has 4 heteroatoms. The summed E-state index contributed by atoms with van der Waals surface area (Å²) in [6.45, 7) is 13.4. The fourth-order valence-corrected chi connectivity index (χ4v) is 2.28. The molecule has 1 atom stereocenters. The van der Waals surface area contributed by atoms with Gasteiger partial charge in [-0.1, -0.05) is 0 Å². The first-order valence-corrected chi connectivity index (χ1v) is 6.12. The minimum Gasteiger partial charge on any atom is -0.388 e. The number of rotatable bonds is 3. The van der Waals surface area contributed by atoms with Crippen molar-refractivity contribution in [2.75, 3.05) is 26.2 Å². The van der Waals surface area contributed by atoms with Crippen molar-refractivity contribution in [2.45, 2.75) is 45.7 Å². The predicted octanol–water partition coefficient (Wildman–Crippen LogP) is 1.12. The molecule has 1 aliphatic rings. The number of nitrogens with one attached hydrogen (secondary N) is 1. The molecule has 16 heavy (non-hydrogen) atoms. The predicted molar refractivity (Wildman–Crippen MR) is 68.9 cm³/mol. The largest absolute Gasteiger partial charge is 0.388 e. The Hall–Kier alpha value is -0.610. The quantitative estimate of drug-likeness (QED) is 0.560. The number of nitrogens with zero attached hydrogens (tertiary/aromatic N) is 2. The van der Waals surface area contributed by atoms with E-state index in [4.69, 9.17) is 11.1 Å². The summed E-state index contributed by atoms with van der Waals surface area (Å²) in [7, 11) is 0. The Morgan fingerprint density at radius 3 is 2.12 bits per heavy atom. The molecule has 0 radical (unpaired) electrons. The molecule has 1 fully saturated rings. The number of piperazine rings is 1. The van der Waals surface area contributed by atoms with E-state index in [1.165, 1.54) is 0 Å². The van der Waals surface area contributed by atoms with Crippen LogP contribution in [0.3, 0.4) is 0 Å². The van der Waals surface area contributed by atoms with Crippen molar-refractivity contribution in [3.05, 3.63) is 0 Å². The molecule has 0 aromatic rings. The van der Waals surface area contributed by atoms with Crippen LogP contribution in [0.4, 0.5) is 0 Å². The molecule has 0 aliphatic carbocycles. The van der Waals surface area contributed by atoms with Crippen LogP contribution < -0.4 is 5.73 Å². The molecule has 0 aromatic carbocycles. The van der Waals surface area contributed by atoms with Gasteiger partial charge in [-0.25, -0.2) is 0 Å². The Bertz CT molecular complexity index is 236. The Labute approximate surface area is 99.3 Å². The molecule has 0 saturated carbocycles. The fraction of sp³-hybridized carbons (Fsp3) is 0.917. The summed E-state index contributed by atoms with van der Waals surface area (Å²) in [5, 5.41) is 7.32. The maximum absolute atomic E-state index is 7.32. The van der Waals surface area contributed by atoms with Gasteiger partial charge >= 0.3 is 0 Å². The topological polar surface area (TPSA) is 56.4 Å². The second-order valence-corrected chi connectivity index (χ2v) is 5.77. The molecule has 4 nitrogen and oxygen atoms in total. The second-order valence-electron chi connectivity index (χ2n) is 5.77. The third kappa shape index (κ3) is 3.76. The Kier molecular flexibility index (Phi) is 4.33. The van der Waals surface area contributed by atoms with E-state index in [-0.39, 0.29) is 5.54 Å². The van der Waals surface area contributed by atoms with Gasteiger partial charge in [-0.3, -0.25) is 15.2 Å². The first-order chi connectivity index (χ1) is 7.30. The van der Waals surface area contributed by atoms with Gasteiger partial charge in [0.25, 0.3) is 0 Å². The summed E-state index contributed by atoms with van der Waals surface area (Å²) in [4.78, 5) is 4.95. The zero-order valence-corrected chi connectivity index (χ0v) is 11.1. The average Bonchev–Trinajstić information content (AvgIpc) is 2.15. The smallest absolute Gasteiger partial charge is 0.0920 e. The van der Waals surface area contributed by atoms with E-state index in [2.05, 4.69) is 37.5 Å². The van der Waals surface area contributed by atoms with Crippen molar-refractivity contribution in [2.24, 2.45) is 5.73 Å². The molecule has 0 bridgehead atoms. The lowest BCUT2D eigenvalue weighted by Crippen LogP contribution is -2.55. The zero-order valence-electron chi connectivity index (χ0n) is 11.1. The van der Waals surface area contributed by atoms with Crippen molar-refractivity contribution < 1.29 is 0 Å². The van der Waals surface area contributed by atoms with Crippen LogP contribution in [0.5, 0.6) is 0 Å². The van der Waals surface area contributed by atoms with Crippen LogP contribution in [0.1, 0.15) is 34.1 Å². The van der Waals surface area contributed by atoms with Crippen molar-refractivity contribution >= 4 is 5.84 Å². The van der Waals surface area contributed by atoms with Gasteiger partial charge in [-0.15, -0.1) is 0 Å². The van der Waals surface area contributed by atoms with Crippen LogP contribution in [0, 0.1) is 5.41 Å². The second kappa shape index (κ2) is 5.15. The summed E-state index contributed by atoms with van der Waals surface area (Å²) >= 11 is 0. The number of hydrogen-bond acceptors (Lipinski definition) is 3. The van der Waals surface area contributed by atoms with Crippen LogP contribution >= 0.6 is 0 Å². The Morgan fingerprint density at radius 1 is 1.25 bits per heavy atom. The molecule has 0 amide bonds. The number of amidine groups is 1. The summed E-state index contributed by atoms with van der Waals surface area (Å²) in [5.74, 6) is 0.297. The molecule has 1 aliphatic heterocycles. The standard InChI is InChI=1S/C12H26N4/c1-10(9-11(13)14)15-5-7-16(8-6-15)12(2,3)4/h10H,5-9H2,1-4H3,(H3,13,14). The first kappa shape index (κ1) is 13.5. The lowest BCUT2D eigenvalue weighted by molar-refractivity contribution is 0.0469. The highest BCUT2D eigenvalue weighted by Crippen LogP contribution is 2.17. The maximum Gasteiger partial charge on any atom is 0.0920 e. The molecule has 0 spiro atoms. The van der Waals surface area contributed by atoms with Gasteiger partial charge in [0.2, 0.25) is 0 Å². The number of hydrogen-bond donors (Lipinski definition) is 2. The SMILES string of the molecule is CC(CC(=N)N)N1CCN(C(C)(C)C)CC1. The molecule has 1 rings (SSSR count). The van der Waals surface area contributed by atoms with Gasteiger partial charge in [0.15, 0.2) is 0 Å². The van der Waals surface area contributed by atoms with E-state index in [1.54, 1.807) is 0 Å². The van der Waals surface area contributed by atoms with E-state index in [1.807, 2.05) is 0 Å². The van der Waals surface area contributed by atoms with Crippen LogP contribution in [0.15, 0.2) is 0 Å². The van der Waals surface area contributed by atoms with Gasteiger partial charge in [-0.2, -0.15) is 0 Å². The van der Waals surface area contributed by atoms with Crippen molar-refractivity contribution in [1.29, 1.82) is 5.41 Å². The van der Waals surface area contributed by atoms with Gasteiger partial charge < -0.3 is 5.73 Å². The van der Waals surface area contributed by atoms with E-state index in [0.29, 0.717) is 18.3 Å². The van der Waals surface area contributed by atoms with Gasteiger partial charge in [0.1, 0.15) is 0 Å². The van der Waals surface area contributed by atoms with Crippen molar-refractivity contribution in [1.82, 2.24) is 9.80 Å². The maximum atomic E-state index is 7.32. The normalized spacial score (nSPS) is 22.0. The van der Waals surface area contributed by atoms with Gasteiger partial charge in [0, 0.05) is 44.2 Å². The molecule has 1 unspecified atom stereocenters. The lowest BCUT2D eigenvalue weighted by atomic mass is 10.0. The monoisotopic (exact) mass is 226 g/mol. The minimum absolute atomic E-state index is 0.274. The molecular formula is C12H26N4. The van der Waals surface area contributed by atoms with E-state index in [9.17, 15) is 0 Å². The third-order valence-electron chi connectivity index (χ3n) is 3.40. The zero-order chi connectivity index (χ0) is 12.3. The van der Waals surface area contributed by atoms with Crippen LogP contribution in [-0.2, 0) is 0 Å². The first-order valence-electron chi connectivity index (χ1n) is 6.12. The molecule has 0 aromatic heterocycles. The fourth-order valence-electron chi connectivity index (χ4n) is 2.28. The highest BCUT2D eigenvalue weighted by atomic mass is 15.3. The van der Waals surface area contributed by atoms with E-state index < -0.39 is 0 Å². The molecular weight excluding hydrogens is 200 g/mol. The van der Waals surface area contributed by atoms with Crippen LogP contribution in [0.25, 0.3) is 0 Å². The van der Waals surface area contributed by atoms with E-state index >= 15 is 0 Å². The minimum atomic E-state index is 0.274. The van der Waals surface area contributed by atoms with Crippen molar-refractivity contribution in [3.8, 4) is 0 Å². The summed E-state index contributed by atoms with van der Waals surface area (Å²) in [6.07, 6.45) is 0.690. The molecule has 1 saturated heterocycles. The average molecular weight is 226 g/mol.